The second-order valence-electron chi connectivity index (χ2n) is 2.32. The maximum absolute atomic E-state index is 10.2. The van der Waals surface area contributed by atoms with Gasteiger partial charge in [-0.3, -0.25) is 0 Å². The van der Waals surface area contributed by atoms with Crippen molar-refractivity contribution in [3.8, 4) is 0 Å². The van der Waals surface area contributed by atoms with Gasteiger partial charge in [0.15, 0.2) is 0 Å². The van der Waals surface area contributed by atoms with Crippen LogP contribution in [0, 0.1) is 0 Å². The Balaban J connectivity index is 3.96. The maximum Gasteiger partial charge on any atom is 0.328 e. The predicted molar refractivity (Wildman–Crippen MR) is 42.5 cm³/mol. The van der Waals surface area contributed by atoms with Crippen LogP contribution in [0.25, 0.3) is 0 Å². The summed E-state index contributed by atoms with van der Waals surface area (Å²) in [7, 11) is 1.56. The molecule has 0 saturated heterocycles. The monoisotopic (exact) mass is 158 g/mol. The second kappa shape index (κ2) is 5.92. The first-order chi connectivity index (χ1) is 5.20. The van der Waals surface area contributed by atoms with Crippen LogP contribution in [-0.2, 0) is 9.53 Å². The lowest BCUT2D eigenvalue weighted by molar-refractivity contribution is -0.131. The van der Waals surface area contributed by atoms with E-state index >= 15 is 0 Å². The minimum atomic E-state index is -0.898. The van der Waals surface area contributed by atoms with E-state index in [9.17, 15) is 4.79 Å². The zero-order valence-electron chi connectivity index (χ0n) is 6.96. The van der Waals surface area contributed by atoms with Gasteiger partial charge in [-0.25, -0.2) is 4.79 Å². The van der Waals surface area contributed by atoms with Gasteiger partial charge in [0.2, 0.25) is 0 Å². The minimum absolute atomic E-state index is 0.417. The average Bonchev–Trinajstić information content (AvgIpc) is 1.87. The summed E-state index contributed by atoms with van der Waals surface area (Å²) in [6.45, 7) is 2.42. The Morgan fingerprint density at radius 3 is 2.64 bits per heavy atom. The minimum Gasteiger partial charge on any atom is -0.478 e. The first kappa shape index (κ1) is 10.2. The number of rotatable bonds is 5. The van der Waals surface area contributed by atoms with Crippen LogP contribution >= 0.6 is 0 Å². The maximum atomic E-state index is 10.2. The van der Waals surface area contributed by atoms with E-state index in [1.807, 2.05) is 6.92 Å². The fourth-order valence-corrected chi connectivity index (χ4v) is 0.867. The number of aliphatic carboxylic acids is 1. The van der Waals surface area contributed by atoms with Crippen LogP contribution in [0.5, 0.6) is 0 Å². The molecule has 0 aliphatic heterocycles. The molecule has 64 valence electrons. The molecule has 0 aromatic rings. The van der Waals surface area contributed by atoms with E-state index in [2.05, 4.69) is 0 Å². The van der Waals surface area contributed by atoms with E-state index in [-0.39, 0.29) is 0 Å². The van der Waals surface area contributed by atoms with Crippen LogP contribution < -0.4 is 0 Å². The third-order valence-electron chi connectivity index (χ3n) is 1.23. The Labute approximate surface area is 66.7 Å². The molecule has 11 heavy (non-hydrogen) atoms. The van der Waals surface area contributed by atoms with Gasteiger partial charge in [-0.1, -0.05) is 13.3 Å². The van der Waals surface area contributed by atoms with Crippen LogP contribution in [0.15, 0.2) is 11.6 Å². The summed E-state index contributed by atoms with van der Waals surface area (Å²) in [6, 6.07) is 0. The van der Waals surface area contributed by atoms with Crippen molar-refractivity contribution in [3.05, 3.63) is 11.6 Å². The van der Waals surface area contributed by atoms with Crippen molar-refractivity contribution in [2.75, 3.05) is 13.7 Å². The summed E-state index contributed by atoms with van der Waals surface area (Å²) in [5, 5.41) is 8.41. The summed E-state index contributed by atoms with van der Waals surface area (Å²) in [6.07, 6.45) is 2.95. The summed E-state index contributed by atoms with van der Waals surface area (Å²) in [5.41, 5.74) is 0.836. The highest BCUT2D eigenvalue weighted by atomic mass is 16.5. The standard InChI is InChI=1S/C8H14O3/c1-3-4-7(6-11-2)5-8(9)10/h5H,3-4,6H2,1-2H3,(H,9,10)/b7-5-. The van der Waals surface area contributed by atoms with Crippen molar-refractivity contribution in [3.63, 3.8) is 0 Å². The van der Waals surface area contributed by atoms with Crippen molar-refractivity contribution >= 4 is 5.97 Å². The Bertz CT molecular complexity index is 141. The Morgan fingerprint density at radius 1 is 1.64 bits per heavy atom. The van der Waals surface area contributed by atoms with E-state index in [0.717, 1.165) is 18.4 Å². The third kappa shape index (κ3) is 5.61. The molecule has 0 aromatic carbocycles. The van der Waals surface area contributed by atoms with E-state index in [4.69, 9.17) is 9.84 Å². The number of hydrogen-bond acceptors (Lipinski definition) is 2. The molecule has 1 N–H and O–H groups in total. The van der Waals surface area contributed by atoms with Gasteiger partial charge in [-0.2, -0.15) is 0 Å². The lowest BCUT2D eigenvalue weighted by atomic mass is 10.1. The summed E-state index contributed by atoms with van der Waals surface area (Å²) >= 11 is 0. The van der Waals surface area contributed by atoms with Crippen molar-refractivity contribution < 1.29 is 14.6 Å². The Morgan fingerprint density at radius 2 is 2.27 bits per heavy atom. The van der Waals surface area contributed by atoms with Gasteiger partial charge in [-0.05, 0) is 12.0 Å². The fraction of sp³-hybridized carbons (Fsp3) is 0.625. The van der Waals surface area contributed by atoms with Gasteiger partial charge in [0.25, 0.3) is 0 Å². The smallest absolute Gasteiger partial charge is 0.328 e. The lowest BCUT2D eigenvalue weighted by Crippen LogP contribution is -1.98. The van der Waals surface area contributed by atoms with Crippen molar-refractivity contribution in [1.29, 1.82) is 0 Å². The zero-order chi connectivity index (χ0) is 8.69. The fourth-order valence-electron chi connectivity index (χ4n) is 0.867. The summed E-state index contributed by atoms with van der Waals surface area (Å²) < 4.78 is 4.83. The van der Waals surface area contributed by atoms with Gasteiger partial charge in [-0.15, -0.1) is 0 Å². The largest absolute Gasteiger partial charge is 0.478 e. The molecule has 3 heteroatoms. The first-order valence-corrected chi connectivity index (χ1v) is 3.62. The summed E-state index contributed by atoms with van der Waals surface area (Å²) in [5.74, 6) is -0.898. The van der Waals surface area contributed by atoms with E-state index in [0.29, 0.717) is 6.61 Å². The highest BCUT2D eigenvalue weighted by molar-refractivity contribution is 5.80. The average molecular weight is 158 g/mol. The van der Waals surface area contributed by atoms with Crippen molar-refractivity contribution in [1.82, 2.24) is 0 Å². The van der Waals surface area contributed by atoms with Gasteiger partial charge in [0, 0.05) is 13.2 Å². The van der Waals surface area contributed by atoms with E-state index < -0.39 is 5.97 Å². The molecule has 0 unspecified atom stereocenters. The molecule has 0 fully saturated rings. The van der Waals surface area contributed by atoms with Crippen molar-refractivity contribution in [2.24, 2.45) is 0 Å². The van der Waals surface area contributed by atoms with E-state index in [1.54, 1.807) is 7.11 Å². The SMILES string of the molecule is CCC/C(=C/C(=O)O)COC. The molecule has 0 aromatic heterocycles. The van der Waals surface area contributed by atoms with Gasteiger partial charge < -0.3 is 9.84 Å². The number of carboxylic acid groups (broad SMARTS) is 1. The van der Waals surface area contributed by atoms with Crippen LogP contribution in [0.4, 0.5) is 0 Å². The highest BCUT2D eigenvalue weighted by Gasteiger charge is 1.97. The zero-order valence-corrected chi connectivity index (χ0v) is 6.96. The summed E-state index contributed by atoms with van der Waals surface area (Å²) in [4.78, 5) is 10.2. The molecule has 0 spiro atoms. The highest BCUT2D eigenvalue weighted by Crippen LogP contribution is 2.04. The second-order valence-corrected chi connectivity index (χ2v) is 2.32. The molecular weight excluding hydrogens is 144 g/mol. The molecule has 0 saturated carbocycles. The van der Waals surface area contributed by atoms with Gasteiger partial charge in [0.1, 0.15) is 0 Å². The van der Waals surface area contributed by atoms with Gasteiger partial charge >= 0.3 is 5.97 Å². The van der Waals surface area contributed by atoms with Crippen molar-refractivity contribution in [2.45, 2.75) is 19.8 Å². The molecule has 3 nitrogen and oxygen atoms in total. The number of hydrogen-bond donors (Lipinski definition) is 1. The molecule has 0 aliphatic carbocycles. The quantitative estimate of drug-likeness (QED) is 0.616. The molecule has 0 amide bonds. The molecule has 0 atom stereocenters. The predicted octanol–water partition coefficient (Wildman–Crippen LogP) is 1.44. The van der Waals surface area contributed by atoms with Crippen LogP contribution in [0.1, 0.15) is 19.8 Å². The lowest BCUT2D eigenvalue weighted by Gasteiger charge is -2.01. The molecule has 0 heterocycles. The van der Waals surface area contributed by atoms with E-state index in [1.165, 1.54) is 6.08 Å². The number of methoxy groups -OCH3 is 1. The van der Waals surface area contributed by atoms with Gasteiger partial charge in [0.05, 0.1) is 6.61 Å². The molecule has 0 rings (SSSR count). The Hall–Kier alpha value is -0.830. The normalized spacial score (nSPS) is 11.6. The molecule has 0 aliphatic rings. The Kier molecular flexibility index (Phi) is 5.47. The topological polar surface area (TPSA) is 46.5 Å². The number of carboxylic acids is 1. The van der Waals surface area contributed by atoms with Crippen LogP contribution in [0.2, 0.25) is 0 Å². The molecule has 0 bridgehead atoms. The third-order valence-corrected chi connectivity index (χ3v) is 1.23. The molecular formula is C8H14O3. The number of carbonyl (C=O) groups is 1. The first-order valence-electron chi connectivity index (χ1n) is 3.62. The van der Waals surface area contributed by atoms with Crippen LogP contribution in [0.3, 0.4) is 0 Å². The van der Waals surface area contributed by atoms with Crippen LogP contribution in [-0.4, -0.2) is 24.8 Å². The molecule has 0 radical (unpaired) electrons. The number of ether oxygens (including phenoxy) is 1.